The smallest absolute Gasteiger partial charge is 0.115 e. The van der Waals surface area contributed by atoms with Gasteiger partial charge in [0.05, 0.1) is 22.1 Å². The van der Waals surface area contributed by atoms with E-state index in [1.54, 1.807) is 0 Å². The third-order valence-corrected chi connectivity index (χ3v) is 10.5. The van der Waals surface area contributed by atoms with Crippen LogP contribution in [0.1, 0.15) is 0 Å². The lowest BCUT2D eigenvalue weighted by Gasteiger charge is -2.28. The van der Waals surface area contributed by atoms with Crippen LogP contribution in [0.3, 0.4) is 0 Å². The Balaban J connectivity index is 1.25. The van der Waals surface area contributed by atoms with Crippen molar-refractivity contribution in [3.05, 3.63) is 115 Å². The molecular formula is C42H19B9N2. The lowest BCUT2D eigenvalue weighted by Crippen LogP contribution is -2.57. The van der Waals surface area contributed by atoms with Gasteiger partial charge in [-0.15, -0.1) is 16.4 Å². The highest BCUT2D eigenvalue weighted by Gasteiger charge is 2.23. The summed E-state index contributed by atoms with van der Waals surface area (Å²) < 4.78 is 4.30. The van der Waals surface area contributed by atoms with Gasteiger partial charge in [-0.3, -0.25) is 0 Å². The molecule has 2 nitrogen and oxygen atoms in total. The summed E-state index contributed by atoms with van der Waals surface area (Å²) in [6.07, 6.45) is 0. The van der Waals surface area contributed by atoms with Crippen LogP contribution in [0.4, 0.5) is 0 Å². The van der Waals surface area contributed by atoms with Crippen molar-refractivity contribution in [2.24, 2.45) is 0 Å². The summed E-state index contributed by atoms with van der Waals surface area (Å²) >= 11 is 0. The highest BCUT2D eigenvalue weighted by Crippen LogP contribution is 2.37. The van der Waals surface area contributed by atoms with Crippen molar-refractivity contribution < 1.29 is 0 Å². The maximum Gasteiger partial charge on any atom is 0.115 e. The third kappa shape index (κ3) is 4.86. The summed E-state index contributed by atoms with van der Waals surface area (Å²) in [6.45, 7) is 0. The summed E-state index contributed by atoms with van der Waals surface area (Å²) in [7, 11) is 58.6. The minimum absolute atomic E-state index is 0.0611. The molecule has 224 valence electrons. The van der Waals surface area contributed by atoms with Gasteiger partial charge in [0.15, 0.2) is 0 Å². The van der Waals surface area contributed by atoms with Crippen LogP contribution >= 0.6 is 0 Å². The quantitative estimate of drug-likeness (QED) is 0.244. The van der Waals surface area contributed by atoms with E-state index >= 15 is 0 Å². The molecule has 0 amide bonds. The van der Waals surface area contributed by atoms with Gasteiger partial charge in [-0.1, -0.05) is 99.5 Å². The zero-order valence-electron chi connectivity index (χ0n) is 28.6. The van der Waals surface area contributed by atoms with Crippen LogP contribution in [0.25, 0.3) is 77.2 Å². The first-order chi connectivity index (χ1) is 25.6. The number of hydrogen-bond acceptors (Lipinski definition) is 0. The molecule has 0 bridgehead atoms. The molecule has 18 radical (unpaired) electrons. The Hall–Kier alpha value is -5.28. The summed E-state index contributed by atoms with van der Waals surface area (Å²) in [5.74, 6) is 0. The van der Waals surface area contributed by atoms with E-state index in [9.17, 15) is 0 Å². The number of hydrogen-bond donors (Lipinski definition) is 0. The summed E-state index contributed by atoms with van der Waals surface area (Å²) in [6, 6.07) is 40.0. The Kier molecular flexibility index (Phi) is 7.86. The van der Waals surface area contributed by atoms with Gasteiger partial charge >= 0.3 is 0 Å². The van der Waals surface area contributed by atoms with Gasteiger partial charge in [-0.25, -0.2) is 0 Å². The van der Waals surface area contributed by atoms with Crippen molar-refractivity contribution in [2.75, 3.05) is 0 Å². The van der Waals surface area contributed by atoms with Crippen molar-refractivity contribution in [3.8, 4) is 33.6 Å². The molecular weight excluding hydrogens is 630 g/mol. The monoisotopic (exact) mass is 650 g/mol. The van der Waals surface area contributed by atoms with Crippen LogP contribution < -0.4 is 49.2 Å². The molecule has 9 aromatic rings. The second-order valence-electron chi connectivity index (χ2n) is 13.3. The molecule has 53 heavy (non-hydrogen) atoms. The predicted molar refractivity (Wildman–Crippen MR) is 234 cm³/mol. The first-order valence-corrected chi connectivity index (χ1v) is 17.0. The first-order valence-electron chi connectivity index (χ1n) is 17.0. The van der Waals surface area contributed by atoms with Crippen LogP contribution in [0.5, 0.6) is 0 Å². The molecule has 0 unspecified atom stereocenters. The summed E-state index contributed by atoms with van der Waals surface area (Å²) in [5, 5.41) is 4.35. The fourth-order valence-electron chi connectivity index (χ4n) is 7.84. The van der Waals surface area contributed by atoms with E-state index in [0.717, 1.165) is 49.7 Å². The fourth-order valence-corrected chi connectivity index (χ4v) is 7.84. The molecule has 0 saturated carbocycles. The number of rotatable bonds is 4. The van der Waals surface area contributed by atoms with Gasteiger partial charge in [-0.2, -0.15) is 0 Å². The topological polar surface area (TPSA) is 9.86 Å². The molecule has 0 aliphatic rings. The van der Waals surface area contributed by atoms with Gasteiger partial charge in [0.25, 0.3) is 0 Å². The molecule has 0 aliphatic heterocycles. The van der Waals surface area contributed by atoms with Crippen LogP contribution in [0, 0.1) is 0 Å². The molecule has 0 fully saturated rings. The van der Waals surface area contributed by atoms with E-state index in [4.69, 9.17) is 70.6 Å². The molecule has 11 heteroatoms. The Labute approximate surface area is 320 Å². The van der Waals surface area contributed by atoms with E-state index in [2.05, 4.69) is 95.6 Å². The number of para-hydroxylation sites is 3. The van der Waals surface area contributed by atoms with Crippen LogP contribution in [-0.2, 0) is 0 Å². The fraction of sp³-hybridized carbons (Fsp3) is 0. The Morgan fingerprint density at radius 1 is 0.302 bits per heavy atom. The Morgan fingerprint density at radius 2 is 0.679 bits per heavy atom. The molecule has 2 aromatic heterocycles. The van der Waals surface area contributed by atoms with Gasteiger partial charge < -0.3 is 9.13 Å². The Morgan fingerprint density at radius 3 is 1.19 bits per heavy atom. The minimum atomic E-state index is 0.0611. The van der Waals surface area contributed by atoms with Crippen LogP contribution in [0.15, 0.2) is 115 Å². The van der Waals surface area contributed by atoms with E-state index in [0.29, 0.717) is 5.69 Å². The average molecular weight is 649 g/mol. The maximum atomic E-state index is 6.88. The SMILES string of the molecule is [B]c1c([B])c([B])c(-c2c([B])c([B])c(-n3c4ccccc4c4cc(-c5ccc6c(c5)c5ccccc5n6-c5ccccc5)ccc43)c([B])c2[B])c([B])c1[B]. The van der Waals surface area contributed by atoms with Crippen molar-refractivity contribution in [3.63, 3.8) is 0 Å². The molecule has 0 saturated heterocycles. The molecule has 0 aliphatic carbocycles. The lowest BCUT2D eigenvalue weighted by molar-refractivity contribution is 1.18. The number of benzene rings is 7. The van der Waals surface area contributed by atoms with Crippen molar-refractivity contribution in [2.45, 2.75) is 0 Å². The van der Waals surface area contributed by atoms with Gasteiger partial charge in [-0.05, 0) is 70.8 Å². The standard InChI is InChI=1S/C42H19B9N2/c43-33-31(34(44)38(48)39(49)37(33)47)32-35(45)40(50)42(41(51)36(32)46)53-28-13-7-5-11-24(28)26-19-21(15-17-30(26)53)20-14-16-29-25(18-20)23-10-4-6-12-27(23)52(29)22-8-2-1-3-9-22/h1-19H. The maximum absolute atomic E-state index is 6.88. The zero-order chi connectivity index (χ0) is 36.9. The van der Waals surface area contributed by atoms with E-state index in [-0.39, 0.29) is 60.3 Å². The molecule has 0 spiro atoms. The summed E-state index contributed by atoms with van der Waals surface area (Å²) in [5.41, 5.74) is 9.14. The van der Waals surface area contributed by atoms with Gasteiger partial charge in [0, 0.05) is 32.9 Å². The Bertz CT molecular complexity index is 2940. The largest absolute Gasteiger partial charge is 0.310 e. The third-order valence-electron chi connectivity index (χ3n) is 10.5. The summed E-state index contributed by atoms with van der Waals surface area (Å²) in [4.78, 5) is 0. The van der Waals surface area contributed by atoms with E-state index < -0.39 is 0 Å². The lowest BCUT2D eigenvalue weighted by atomic mass is 9.56. The van der Waals surface area contributed by atoms with Crippen molar-refractivity contribution >= 4 is 163 Å². The molecule has 2 heterocycles. The van der Waals surface area contributed by atoms with Crippen molar-refractivity contribution in [1.82, 2.24) is 9.13 Å². The van der Waals surface area contributed by atoms with Gasteiger partial charge in [0.2, 0.25) is 0 Å². The zero-order valence-corrected chi connectivity index (χ0v) is 28.6. The molecule has 0 N–H and O–H groups in total. The predicted octanol–water partition coefficient (Wildman–Crippen LogP) is 0.359. The highest BCUT2D eigenvalue weighted by molar-refractivity contribution is 6.70. The number of nitrogens with zero attached hydrogens (tertiary/aromatic N) is 2. The molecule has 7 aromatic carbocycles. The second kappa shape index (κ2) is 12.4. The number of aromatic nitrogens is 2. The molecule has 9 rings (SSSR count). The van der Waals surface area contributed by atoms with E-state index in [1.165, 1.54) is 10.8 Å². The van der Waals surface area contributed by atoms with Crippen molar-refractivity contribution in [1.29, 1.82) is 0 Å². The first kappa shape index (κ1) is 33.6. The number of fused-ring (bicyclic) bond motifs is 6. The minimum Gasteiger partial charge on any atom is -0.310 e. The van der Waals surface area contributed by atoms with Gasteiger partial charge in [0.1, 0.15) is 70.6 Å². The average Bonchev–Trinajstić information content (AvgIpc) is 3.69. The highest BCUT2D eigenvalue weighted by atomic mass is 15.0. The van der Waals surface area contributed by atoms with Crippen LogP contribution in [-0.4, -0.2) is 79.8 Å². The van der Waals surface area contributed by atoms with Crippen LogP contribution in [0.2, 0.25) is 0 Å². The second-order valence-corrected chi connectivity index (χ2v) is 13.3. The van der Waals surface area contributed by atoms with E-state index in [1.807, 2.05) is 28.8 Å². The molecule has 0 atom stereocenters. The normalized spacial score (nSPS) is 11.7.